The van der Waals surface area contributed by atoms with E-state index >= 15 is 0 Å². The van der Waals surface area contributed by atoms with Crippen molar-refractivity contribution in [3.05, 3.63) is 48.5 Å². The average Bonchev–Trinajstić information content (AvgIpc) is 2.71. The summed E-state index contributed by atoms with van der Waals surface area (Å²) in [4.78, 5) is 16.3. The quantitative estimate of drug-likeness (QED) is 0.706. The van der Waals surface area contributed by atoms with E-state index < -0.39 is 0 Å². The Balaban J connectivity index is 1.35. The lowest BCUT2D eigenvalue weighted by Gasteiger charge is -2.32. The minimum atomic E-state index is -0.0982. The maximum Gasteiger partial charge on any atom is 0.224 e. The third-order valence-corrected chi connectivity index (χ3v) is 4.82. The molecule has 0 saturated carbocycles. The number of hydrogen-bond acceptors (Lipinski definition) is 5. The van der Waals surface area contributed by atoms with E-state index in [1.807, 2.05) is 74.6 Å². The molecule has 0 bridgehead atoms. The number of rotatable bonds is 8. The van der Waals surface area contributed by atoms with Gasteiger partial charge in [0.1, 0.15) is 6.61 Å². The molecule has 6 nitrogen and oxygen atoms in total. The average molecular weight is 383 g/mol. The fourth-order valence-electron chi connectivity index (χ4n) is 3.08. The van der Waals surface area contributed by atoms with Crippen LogP contribution >= 0.6 is 0 Å². The standard InChI is InChI=1S/C22H29N3O3/c1-24(2)18-13-11-17(12-14-18)23-21(26)10-6-7-15-25(3)22-16-27-19-8-4-5-9-20(19)28-22/h4-5,8-9,11-14,22H,6-7,10,15-16H2,1-3H3,(H,23,26). The lowest BCUT2D eigenvalue weighted by Crippen LogP contribution is -2.43. The molecule has 1 unspecified atom stereocenters. The molecule has 0 radical (unpaired) electrons. The zero-order valence-electron chi connectivity index (χ0n) is 16.9. The number of fused-ring (bicyclic) bond motifs is 1. The molecule has 1 aliphatic heterocycles. The SMILES string of the molecule is CN(C)c1ccc(NC(=O)CCCCN(C)C2COc3ccccc3O2)cc1. The Morgan fingerprint density at radius 1 is 1.04 bits per heavy atom. The number of benzene rings is 2. The van der Waals surface area contributed by atoms with Crippen LogP contribution in [0.25, 0.3) is 0 Å². The van der Waals surface area contributed by atoms with Crippen LogP contribution in [0.5, 0.6) is 11.5 Å². The predicted molar refractivity (Wildman–Crippen MR) is 112 cm³/mol. The van der Waals surface area contributed by atoms with Gasteiger partial charge in [-0.05, 0) is 56.3 Å². The fraction of sp³-hybridized carbons (Fsp3) is 0.409. The lowest BCUT2D eigenvalue weighted by molar-refractivity contribution is -0.116. The minimum Gasteiger partial charge on any atom is -0.484 e. The van der Waals surface area contributed by atoms with Gasteiger partial charge in [-0.2, -0.15) is 0 Å². The van der Waals surface area contributed by atoms with Crippen LogP contribution in [-0.2, 0) is 4.79 Å². The molecule has 2 aromatic rings. The van der Waals surface area contributed by atoms with Crippen molar-refractivity contribution in [2.24, 2.45) is 0 Å². The van der Waals surface area contributed by atoms with Crippen LogP contribution in [-0.4, -0.2) is 51.3 Å². The van der Waals surface area contributed by atoms with Gasteiger partial charge in [-0.3, -0.25) is 9.69 Å². The van der Waals surface area contributed by atoms with Crippen molar-refractivity contribution in [2.45, 2.75) is 25.5 Å². The maximum absolute atomic E-state index is 12.1. The number of para-hydroxylation sites is 2. The van der Waals surface area contributed by atoms with Gasteiger partial charge in [0.25, 0.3) is 0 Å². The number of amides is 1. The molecule has 28 heavy (non-hydrogen) atoms. The van der Waals surface area contributed by atoms with E-state index in [-0.39, 0.29) is 12.1 Å². The summed E-state index contributed by atoms with van der Waals surface area (Å²) in [5.74, 6) is 1.62. The second-order valence-corrected chi connectivity index (χ2v) is 7.26. The molecule has 3 rings (SSSR count). The molecule has 0 spiro atoms. The van der Waals surface area contributed by atoms with Crippen LogP contribution < -0.4 is 19.7 Å². The molecule has 1 heterocycles. The molecule has 6 heteroatoms. The smallest absolute Gasteiger partial charge is 0.224 e. The number of nitrogens with zero attached hydrogens (tertiary/aromatic N) is 2. The fourth-order valence-corrected chi connectivity index (χ4v) is 3.08. The third kappa shape index (κ3) is 5.39. The van der Waals surface area contributed by atoms with Crippen LogP contribution in [0.4, 0.5) is 11.4 Å². The Hall–Kier alpha value is -2.73. The first-order chi connectivity index (χ1) is 13.5. The molecule has 1 amide bonds. The number of unbranched alkanes of at least 4 members (excludes halogenated alkanes) is 1. The van der Waals surface area contributed by atoms with Crippen LogP contribution in [0.1, 0.15) is 19.3 Å². The Kier molecular flexibility index (Phi) is 6.76. The largest absolute Gasteiger partial charge is 0.484 e. The topological polar surface area (TPSA) is 54.0 Å². The molecule has 1 N–H and O–H groups in total. The molecule has 0 saturated heterocycles. The maximum atomic E-state index is 12.1. The summed E-state index contributed by atoms with van der Waals surface area (Å²) < 4.78 is 11.8. The first-order valence-corrected chi connectivity index (χ1v) is 9.69. The zero-order valence-corrected chi connectivity index (χ0v) is 16.9. The molecule has 1 atom stereocenters. The van der Waals surface area contributed by atoms with Crippen molar-refractivity contribution >= 4 is 17.3 Å². The van der Waals surface area contributed by atoms with E-state index in [9.17, 15) is 4.79 Å². The van der Waals surface area contributed by atoms with E-state index in [0.717, 1.165) is 42.3 Å². The number of anilines is 2. The van der Waals surface area contributed by atoms with Gasteiger partial charge in [-0.25, -0.2) is 0 Å². The van der Waals surface area contributed by atoms with Gasteiger partial charge < -0.3 is 19.7 Å². The highest BCUT2D eigenvalue weighted by molar-refractivity contribution is 5.90. The Morgan fingerprint density at radius 2 is 1.75 bits per heavy atom. The Labute approximate surface area is 167 Å². The first kappa shape index (κ1) is 20.0. The van der Waals surface area contributed by atoms with Gasteiger partial charge >= 0.3 is 0 Å². The molecule has 0 fully saturated rings. The van der Waals surface area contributed by atoms with Gasteiger partial charge in [0.2, 0.25) is 5.91 Å². The van der Waals surface area contributed by atoms with Gasteiger partial charge in [-0.15, -0.1) is 0 Å². The number of ether oxygens (including phenoxy) is 2. The highest BCUT2D eigenvalue weighted by Crippen LogP contribution is 2.31. The van der Waals surface area contributed by atoms with Crippen molar-refractivity contribution < 1.29 is 14.3 Å². The third-order valence-electron chi connectivity index (χ3n) is 4.82. The number of carbonyl (C=O) groups excluding carboxylic acids is 1. The normalized spacial score (nSPS) is 15.4. The number of hydrogen-bond donors (Lipinski definition) is 1. The number of carbonyl (C=O) groups is 1. The van der Waals surface area contributed by atoms with E-state index in [0.29, 0.717) is 13.0 Å². The summed E-state index contributed by atoms with van der Waals surface area (Å²) >= 11 is 0. The van der Waals surface area contributed by atoms with Gasteiger partial charge in [0.15, 0.2) is 17.7 Å². The van der Waals surface area contributed by atoms with E-state index in [1.54, 1.807) is 0 Å². The van der Waals surface area contributed by atoms with Crippen LogP contribution in [0.15, 0.2) is 48.5 Å². The molecule has 150 valence electrons. The second-order valence-electron chi connectivity index (χ2n) is 7.26. The second kappa shape index (κ2) is 9.46. The van der Waals surface area contributed by atoms with E-state index in [4.69, 9.17) is 9.47 Å². The Bertz CT molecular complexity index is 777. The molecular weight excluding hydrogens is 354 g/mol. The highest BCUT2D eigenvalue weighted by atomic mass is 16.6. The van der Waals surface area contributed by atoms with Crippen LogP contribution in [0.3, 0.4) is 0 Å². The van der Waals surface area contributed by atoms with Crippen LogP contribution in [0.2, 0.25) is 0 Å². The van der Waals surface area contributed by atoms with E-state index in [2.05, 4.69) is 10.2 Å². The van der Waals surface area contributed by atoms with Gasteiger partial charge in [0.05, 0.1) is 0 Å². The molecule has 1 aliphatic rings. The van der Waals surface area contributed by atoms with Crippen molar-refractivity contribution in [1.82, 2.24) is 4.90 Å². The summed E-state index contributed by atoms with van der Waals surface area (Å²) in [6.45, 7) is 1.36. The summed E-state index contributed by atoms with van der Waals surface area (Å²) in [5.41, 5.74) is 1.94. The van der Waals surface area contributed by atoms with Crippen molar-refractivity contribution in [3.8, 4) is 11.5 Å². The summed E-state index contributed by atoms with van der Waals surface area (Å²) in [6.07, 6.45) is 2.16. The predicted octanol–water partition coefficient (Wildman–Crippen LogP) is 3.59. The molecule has 2 aromatic carbocycles. The van der Waals surface area contributed by atoms with Gasteiger partial charge in [0, 0.05) is 38.4 Å². The number of likely N-dealkylation sites (N-methyl/N-ethyl adjacent to an activating group) is 1. The highest BCUT2D eigenvalue weighted by Gasteiger charge is 2.23. The first-order valence-electron chi connectivity index (χ1n) is 9.69. The monoisotopic (exact) mass is 383 g/mol. The van der Waals surface area contributed by atoms with E-state index in [1.165, 1.54) is 0 Å². The van der Waals surface area contributed by atoms with Gasteiger partial charge in [-0.1, -0.05) is 12.1 Å². The lowest BCUT2D eigenvalue weighted by atomic mass is 10.2. The molecule has 0 aliphatic carbocycles. The summed E-state index contributed by atoms with van der Waals surface area (Å²) in [7, 11) is 6.01. The molecule has 0 aromatic heterocycles. The summed E-state index contributed by atoms with van der Waals surface area (Å²) in [5, 5.41) is 2.95. The number of nitrogens with one attached hydrogen (secondary N) is 1. The van der Waals surface area contributed by atoms with Crippen molar-refractivity contribution in [2.75, 3.05) is 44.5 Å². The Morgan fingerprint density at radius 3 is 2.46 bits per heavy atom. The summed E-state index contributed by atoms with van der Waals surface area (Å²) in [6, 6.07) is 15.6. The molecular formula is C22H29N3O3. The van der Waals surface area contributed by atoms with Crippen LogP contribution in [0, 0.1) is 0 Å². The van der Waals surface area contributed by atoms with Crippen molar-refractivity contribution in [3.63, 3.8) is 0 Å². The zero-order chi connectivity index (χ0) is 19.9. The van der Waals surface area contributed by atoms with Crippen molar-refractivity contribution in [1.29, 1.82) is 0 Å². The minimum absolute atomic E-state index is 0.0476.